The molecule has 1 aliphatic heterocycles. The standard InChI is InChI=1S/C15H18F3N3O5S/c1-27(25,26)13-7-11(4-5-12(13)21(23)24)20-6-2-3-10(8-20)14(22)19-9-15(16,17)18/h4-5,7,10H,2-3,6,8-9H2,1H3,(H,19,22). The summed E-state index contributed by atoms with van der Waals surface area (Å²) in [4.78, 5) is 23.4. The molecule has 1 atom stereocenters. The molecular weight excluding hydrogens is 391 g/mol. The van der Waals surface area contributed by atoms with E-state index in [-0.39, 0.29) is 6.54 Å². The fourth-order valence-electron chi connectivity index (χ4n) is 2.90. The van der Waals surface area contributed by atoms with Crippen LogP contribution in [0.2, 0.25) is 0 Å². The summed E-state index contributed by atoms with van der Waals surface area (Å²) in [6, 6.07) is 3.59. The number of hydrogen-bond donors (Lipinski definition) is 1. The number of piperidine rings is 1. The number of hydrogen-bond acceptors (Lipinski definition) is 6. The topological polar surface area (TPSA) is 110 Å². The zero-order valence-electron chi connectivity index (χ0n) is 14.3. The van der Waals surface area contributed by atoms with Crippen molar-refractivity contribution in [2.45, 2.75) is 23.9 Å². The van der Waals surface area contributed by atoms with Gasteiger partial charge in [-0.05, 0) is 25.0 Å². The summed E-state index contributed by atoms with van der Waals surface area (Å²) in [6.07, 6.45) is -2.75. The summed E-state index contributed by atoms with van der Waals surface area (Å²) in [6.45, 7) is -0.882. The second kappa shape index (κ2) is 7.71. The van der Waals surface area contributed by atoms with Gasteiger partial charge in [-0.2, -0.15) is 13.2 Å². The number of nitrogens with one attached hydrogen (secondary N) is 1. The number of anilines is 1. The van der Waals surface area contributed by atoms with Crippen molar-refractivity contribution in [1.29, 1.82) is 0 Å². The van der Waals surface area contributed by atoms with Crippen LogP contribution in [0.3, 0.4) is 0 Å². The molecule has 1 N–H and O–H groups in total. The van der Waals surface area contributed by atoms with E-state index < -0.39 is 49.9 Å². The maximum atomic E-state index is 12.2. The van der Waals surface area contributed by atoms with Crippen LogP contribution in [-0.2, 0) is 14.6 Å². The minimum absolute atomic E-state index is 0.0880. The van der Waals surface area contributed by atoms with Crippen molar-refractivity contribution in [2.75, 3.05) is 30.8 Å². The highest BCUT2D eigenvalue weighted by molar-refractivity contribution is 7.90. The minimum Gasteiger partial charge on any atom is -0.371 e. The Morgan fingerprint density at radius 3 is 2.63 bits per heavy atom. The lowest BCUT2D eigenvalue weighted by Gasteiger charge is -2.34. The van der Waals surface area contributed by atoms with Gasteiger partial charge in [-0.15, -0.1) is 0 Å². The van der Waals surface area contributed by atoms with Crippen LogP contribution in [0.4, 0.5) is 24.5 Å². The minimum atomic E-state index is -4.51. The van der Waals surface area contributed by atoms with Crippen LogP contribution < -0.4 is 10.2 Å². The summed E-state index contributed by atoms with van der Waals surface area (Å²) in [5.41, 5.74) is -0.202. The quantitative estimate of drug-likeness (QED) is 0.588. The number of amides is 1. The predicted molar refractivity (Wildman–Crippen MR) is 90.2 cm³/mol. The van der Waals surface area contributed by atoms with Gasteiger partial charge in [-0.25, -0.2) is 8.42 Å². The highest BCUT2D eigenvalue weighted by atomic mass is 32.2. The van der Waals surface area contributed by atoms with Gasteiger partial charge in [0.1, 0.15) is 11.4 Å². The smallest absolute Gasteiger partial charge is 0.371 e. The van der Waals surface area contributed by atoms with Crippen LogP contribution in [0.15, 0.2) is 23.1 Å². The van der Waals surface area contributed by atoms with Gasteiger partial charge in [0.25, 0.3) is 5.69 Å². The van der Waals surface area contributed by atoms with Crippen LogP contribution in [0.25, 0.3) is 0 Å². The Morgan fingerprint density at radius 2 is 2.07 bits per heavy atom. The summed E-state index contributed by atoms with van der Waals surface area (Å²) in [7, 11) is -3.87. The lowest BCUT2D eigenvalue weighted by molar-refractivity contribution is -0.387. The predicted octanol–water partition coefficient (Wildman–Crippen LogP) is 1.89. The van der Waals surface area contributed by atoms with E-state index in [1.807, 2.05) is 5.32 Å². The van der Waals surface area contributed by atoms with E-state index in [1.165, 1.54) is 6.07 Å². The van der Waals surface area contributed by atoms with Gasteiger partial charge >= 0.3 is 6.18 Å². The molecule has 1 aliphatic rings. The zero-order chi connectivity index (χ0) is 20.4. The molecule has 2 rings (SSSR count). The van der Waals surface area contributed by atoms with Gasteiger partial charge in [0, 0.05) is 31.1 Å². The Morgan fingerprint density at radius 1 is 1.41 bits per heavy atom. The molecule has 0 bridgehead atoms. The summed E-state index contributed by atoms with van der Waals surface area (Å²) in [5.74, 6) is -1.43. The molecule has 1 aromatic carbocycles. The van der Waals surface area contributed by atoms with Gasteiger partial charge in [-0.1, -0.05) is 0 Å². The molecule has 0 spiro atoms. The van der Waals surface area contributed by atoms with Crippen molar-refractivity contribution in [3.63, 3.8) is 0 Å². The molecule has 0 saturated carbocycles. The van der Waals surface area contributed by atoms with Crippen LogP contribution >= 0.6 is 0 Å². The van der Waals surface area contributed by atoms with E-state index in [9.17, 15) is 36.5 Å². The molecule has 27 heavy (non-hydrogen) atoms. The van der Waals surface area contributed by atoms with E-state index in [4.69, 9.17) is 0 Å². The highest BCUT2D eigenvalue weighted by Gasteiger charge is 2.32. The average molecular weight is 409 g/mol. The maximum absolute atomic E-state index is 12.2. The number of alkyl halides is 3. The number of benzene rings is 1. The van der Waals surface area contributed by atoms with E-state index in [2.05, 4.69) is 0 Å². The van der Waals surface area contributed by atoms with Gasteiger partial charge in [-0.3, -0.25) is 14.9 Å². The molecule has 0 aromatic heterocycles. The third-order valence-electron chi connectivity index (χ3n) is 4.16. The maximum Gasteiger partial charge on any atom is 0.405 e. The fourth-order valence-corrected chi connectivity index (χ4v) is 3.76. The lowest BCUT2D eigenvalue weighted by atomic mass is 9.96. The van der Waals surface area contributed by atoms with E-state index in [0.29, 0.717) is 25.1 Å². The Hall–Kier alpha value is -2.37. The first-order chi connectivity index (χ1) is 12.4. The second-order valence-electron chi connectivity index (χ2n) is 6.30. The first kappa shape index (κ1) is 20.9. The second-order valence-corrected chi connectivity index (χ2v) is 8.28. The number of carbonyl (C=O) groups is 1. The summed E-state index contributed by atoms with van der Waals surface area (Å²) < 4.78 is 60.4. The Balaban J connectivity index is 2.21. The van der Waals surface area contributed by atoms with E-state index in [1.54, 1.807) is 4.90 Å². The highest BCUT2D eigenvalue weighted by Crippen LogP contribution is 2.31. The molecule has 1 fully saturated rings. The van der Waals surface area contributed by atoms with Crippen molar-refractivity contribution in [3.05, 3.63) is 28.3 Å². The van der Waals surface area contributed by atoms with Gasteiger partial charge < -0.3 is 10.2 Å². The van der Waals surface area contributed by atoms with Crippen molar-refractivity contribution in [2.24, 2.45) is 5.92 Å². The van der Waals surface area contributed by atoms with Crippen molar-refractivity contribution in [1.82, 2.24) is 5.32 Å². The molecule has 0 radical (unpaired) electrons. The van der Waals surface area contributed by atoms with E-state index in [0.717, 1.165) is 18.4 Å². The molecule has 1 unspecified atom stereocenters. The zero-order valence-corrected chi connectivity index (χ0v) is 15.1. The molecule has 12 heteroatoms. The largest absolute Gasteiger partial charge is 0.405 e. The van der Waals surface area contributed by atoms with Crippen molar-refractivity contribution >= 4 is 27.1 Å². The van der Waals surface area contributed by atoms with E-state index >= 15 is 0 Å². The lowest BCUT2D eigenvalue weighted by Crippen LogP contribution is -2.45. The summed E-state index contributed by atoms with van der Waals surface area (Å²) in [5, 5.41) is 12.9. The van der Waals surface area contributed by atoms with Crippen LogP contribution in [-0.4, -0.2) is 51.3 Å². The number of nitrogens with zero attached hydrogens (tertiary/aromatic N) is 2. The normalized spacial score (nSPS) is 18.2. The molecular formula is C15H18F3N3O5S. The average Bonchev–Trinajstić information content (AvgIpc) is 2.57. The number of nitro benzene ring substituents is 1. The van der Waals surface area contributed by atoms with Crippen LogP contribution in [0.5, 0.6) is 0 Å². The van der Waals surface area contributed by atoms with Gasteiger partial charge in [0.05, 0.1) is 10.8 Å². The third-order valence-corrected chi connectivity index (χ3v) is 5.29. The number of sulfone groups is 1. The van der Waals surface area contributed by atoms with Crippen LogP contribution in [0, 0.1) is 16.0 Å². The third kappa shape index (κ3) is 5.55. The Kier molecular flexibility index (Phi) is 5.97. The van der Waals surface area contributed by atoms with Gasteiger partial charge in [0.15, 0.2) is 9.84 Å². The van der Waals surface area contributed by atoms with Crippen molar-refractivity contribution in [3.8, 4) is 0 Å². The Bertz CT molecular complexity index is 842. The molecule has 8 nitrogen and oxygen atoms in total. The molecule has 150 valence electrons. The molecule has 1 heterocycles. The first-order valence-electron chi connectivity index (χ1n) is 7.96. The van der Waals surface area contributed by atoms with Gasteiger partial charge in [0.2, 0.25) is 5.91 Å². The molecule has 1 amide bonds. The number of halogens is 3. The molecule has 0 aliphatic carbocycles. The molecule has 1 aromatic rings. The number of nitro groups is 1. The summed E-state index contributed by atoms with van der Waals surface area (Å²) >= 11 is 0. The fraction of sp³-hybridized carbons (Fsp3) is 0.533. The number of carbonyl (C=O) groups excluding carboxylic acids is 1. The Labute approximate surface area is 153 Å². The van der Waals surface area contributed by atoms with Crippen molar-refractivity contribution < 1.29 is 31.3 Å². The first-order valence-corrected chi connectivity index (χ1v) is 9.85. The molecule has 1 saturated heterocycles. The van der Waals surface area contributed by atoms with Crippen LogP contribution in [0.1, 0.15) is 12.8 Å². The number of rotatable bonds is 5. The monoisotopic (exact) mass is 409 g/mol. The SMILES string of the molecule is CS(=O)(=O)c1cc(N2CCCC(C(=O)NCC(F)(F)F)C2)ccc1[N+](=O)[O-].